The summed E-state index contributed by atoms with van der Waals surface area (Å²) in [5.41, 5.74) is 14.9. The second-order valence-corrected chi connectivity index (χ2v) is 7.57. The Morgan fingerprint density at radius 3 is 1.35 bits per heavy atom. The zero-order valence-corrected chi connectivity index (χ0v) is 21.1. The summed E-state index contributed by atoms with van der Waals surface area (Å²) in [6.45, 7) is 3.18. The molecule has 0 heterocycles. The molecule has 0 aliphatic carbocycles. The molecule has 0 aliphatic heterocycles. The normalized spacial score (nSPS) is 10.6. The molecule has 212 valence electrons. The highest BCUT2D eigenvalue weighted by atomic mass is 20.0. The van der Waals surface area contributed by atoms with Crippen LogP contribution in [0.5, 0.6) is 0 Å². The van der Waals surface area contributed by atoms with Crippen LogP contribution >= 0.6 is 0 Å². The fourth-order valence-electron chi connectivity index (χ4n) is 3.04. The Hall–Kier alpha value is -3.35. The van der Waals surface area contributed by atoms with Gasteiger partial charge in [-0.25, -0.2) is 0 Å². The lowest BCUT2D eigenvalue weighted by atomic mass is 10.0. The van der Waals surface area contributed by atoms with Gasteiger partial charge in [0.2, 0.25) is 0 Å². The van der Waals surface area contributed by atoms with Crippen LogP contribution in [0.1, 0.15) is 38.0 Å². The maximum atomic E-state index is 11.3. The van der Waals surface area contributed by atoms with Crippen LogP contribution in [0.2, 0.25) is 0 Å². The Kier molecular flexibility index (Phi) is 26.9. The minimum absolute atomic E-state index is 0. The van der Waals surface area contributed by atoms with Gasteiger partial charge in [0.25, 0.3) is 0 Å². The number of carbonyl (C=O) groups is 2. The van der Waals surface area contributed by atoms with Crippen molar-refractivity contribution in [2.24, 2.45) is 5.73 Å². The van der Waals surface area contributed by atoms with Gasteiger partial charge in [-0.2, -0.15) is 0 Å². The lowest BCUT2D eigenvalue weighted by Crippen LogP contribution is -2.34. The van der Waals surface area contributed by atoms with Crippen LogP contribution in [0.4, 0.5) is 24.0 Å². The first-order valence-corrected chi connectivity index (χ1v) is 10.5. The van der Waals surface area contributed by atoms with Gasteiger partial charge in [0.15, 0.2) is 0 Å². The lowest BCUT2D eigenvalue weighted by Gasteiger charge is -2.12. The summed E-state index contributed by atoms with van der Waals surface area (Å²) >= 11 is 0. The summed E-state index contributed by atoms with van der Waals surface area (Å²) in [5.74, 6) is 0.458. The number of nitrogen functional groups attached to an aromatic ring is 1. The van der Waals surface area contributed by atoms with E-state index in [1.54, 1.807) is 27.9 Å². The largest absolute Gasteiger partial charge is 0.399 e. The first-order valence-electron chi connectivity index (χ1n) is 10.5. The third-order valence-electron chi connectivity index (χ3n) is 4.96. The van der Waals surface area contributed by atoms with Gasteiger partial charge in [-0.1, -0.05) is 43.8 Å². The van der Waals surface area contributed by atoms with Crippen LogP contribution in [0.3, 0.4) is 0 Å². The van der Waals surface area contributed by atoms with E-state index in [1.165, 1.54) is 0 Å². The van der Waals surface area contributed by atoms with Crippen molar-refractivity contribution in [3.05, 3.63) is 65.2 Å². The Balaban J connectivity index is -0.000000250. The van der Waals surface area contributed by atoms with Crippen molar-refractivity contribution < 1.29 is 27.9 Å². The van der Waals surface area contributed by atoms with Crippen molar-refractivity contribution in [1.82, 2.24) is 16.8 Å². The maximum Gasteiger partial charge on any atom is 0.147 e. The molecular weight excluding hydrogens is 492 g/mol. The zero-order valence-electron chi connectivity index (χ0n) is 21.1. The van der Waals surface area contributed by atoms with E-state index in [4.69, 9.17) is 35.2 Å². The van der Waals surface area contributed by atoms with Gasteiger partial charge >= 0.3 is 0 Å². The number of hydrogen-bond acceptors (Lipinski definition) is 7. The van der Waals surface area contributed by atoms with Gasteiger partial charge < -0.3 is 28.3 Å². The molecule has 0 radical (unpaired) electrons. The number of ketones is 2. The second-order valence-electron chi connectivity index (χ2n) is 7.57. The molecule has 0 aromatic heterocycles. The van der Waals surface area contributed by atoms with Crippen molar-refractivity contribution >= 4 is 23.1 Å². The number of amidine groups is 1. The standard InChI is InChI=1S/C13H19N3O.C11H16N2O.CH4.2F2.H3N/c1-9(17)12(16-2)7-10-3-5-11(6-4-10)8-13(14)15;1-8(14)11(13-2)7-9-3-5-10(12)6-4-9;;2*1-2;/h3-6,12,16H,7-8H2,1-2H3,(H3,14,15);3-6,11,13H,7,12H2,1-2H3;1H4;;;1H3/t12-;11-;;;;/m00..../s1. The van der Waals surface area contributed by atoms with Crippen LogP contribution in [-0.4, -0.2) is 43.6 Å². The summed E-state index contributed by atoms with van der Waals surface area (Å²) in [6.07, 6.45) is 1.88. The fourth-order valence-corrected chi connectivity index (χ4v) is 3.04. The van der Waals surface area contributed by atoms with E-state index in [1.807, 2.05) is 48.5 Å². The Bertz CT molecular complexity index is 868. The van der Waals surface area contributed by atoms with E-state index in [-0.39, 0.29) is 43.1 Å². The number of benzene rings is 2. The summed E-state index contributed by atoms with van der Waals surface area (Å²) in [5, 5.41) is 13.2. The van der Waals surface area contributed by atoms with E-state index in [9.17, 15) is 9.59 Å². The van der Waals surface area contributed by atoms with Crippen molar-refractivity contribution in [2.75, 3.05) is 19.8 Å². The molecule has 0 fully saturated rings. The number of nitrogens with two attached hydrogens (primary N) is 2. The molecule has 10 N–H and O–H groups in total. The van der Waals surface area contributed by atoms with Crippen LogP contribution in [0, 0.1) is 5.41 Å². The van der Waals surface area contributed by atoms with Crippen LogP contribution < -0.4 is 28.3 Å². The highest BCUT2D eigenvalue weighted by Gasteiger charge is 2.12. The molecule has 2 rings (SSSR count). The predicted octanol–water partition coefficient (Wildman–Crippen LogP) is 4.35. The summed E-state index contributed by atoms with van der Waals surface area (Å²) in [6, 6.07) is 15.2. The molecule has 0 saturated carbocycles. The van der Waals surface area contributed by atoms with E-state index >= 15 is 0 Å². The minimum atomic E-state index is -0.131. The van der Waals surface area contributed by atoms with Crippen molar-refractivity contribution in [3.63, 3.8) is 0 Å². The van der Waals surface area contributed by atoms with E-state index in [2.05, 4.69) is 10.6 Å². The fraction of sp³-hybridized carbons (Fsp3) is 0.400. The molecule has 12 heteroatoms. The molecule has 0 aliphatic rings. The van der Waals surface area contributed by atoms with E-state index < -0.39 is 0 Å². The molecular formula is C25H42F4N6O2. The molecule has 0 saturated heterocycles. The average molecular weight is 535 g/mol. The Morgan fingerprint density at radius 2 is 1.08 bits per heavy atom. The topological polar surface area (TPSA) is 169 Å². The number of carbonyl (C=O) groups excluding carboxylic acids is 2. The average Bonchev–Trinajstić information content (AvgIpc) is 2.85. The van der Waals surface area contributed by atoms with Gasteiger partial charge in [0, 0.05) is 30.4 Å². The number of rotatable bonds is 10. The summed E-state index contributed by atoms with van der Waals surface area (Å²) in [4.78, 5) is 22.4. The molecule has 2 atom stereocenters. The predicted molar refractivity (Wildman–Crippen MR) is 144 cm³/mol. The first kappa shape index (κ1) is 40.8. The zero-order chi connectivity index (χ0) is 27.4. The highest BCUT2D eigenvalue weighted by molar-refractivity contribution is 5.82. The lowest BCUT2D eigenvalue weighted by molar-refractivity contribution is -0.119. The third-order valence-corrected chi connectivity index (χ3v) is 4.96. The summed E-state index contributed by atoms with van der Waals surface area (Å²) < 4.78 is 32.0. The van der Waals surface area contributed by atoms with Gasteiger partial charge in [0.1, 0.15) is 11.6 Å². The third kappa shape index (κ3) is 18.6. The van der Waals surface area contributed by atoms with E-state index in [0.717, 1.165) is 22.4 Å². The molecule has 37 heavy (non-hydrogen) atoms. The highest BCUT2D eigenvalue weighted by Crippen LogP contribution is 2.09. The number of anilines is 1. The van der Waals surface area contributed by atoms with Crippen molar-refractivity contribution in [2.45, 2.75) is 52.6 Å². The SMILES string of the molecule is C.CN[C@@H](Cc1ccc(CC(=N)N)cc1)C(C)=O.CN[C@@H](Cc1ccc(N)cc1)C(C)=O.FF.FF.N. The molecule has 0 unspecified atom stereocenters. The molecule has 0 spiro atoms. The van der Waals surface area contributed by atoms with Crippen molar-refractivity contribution in [1.29, 1.82) is 5.41 Å². The number of Topliss-reactive ketones (excluding diaryl/α,β-unsaturated/α-hetero) is 2. The molecule has 0 bridgehead atoms. The van der Waals surface area contributed by atoms with Gasteiger partial charge in [-0.05, 0) is 69.6 Å². The minimum Gasteiger partial charge on any atom is -0.399 e. The Morgan fingerprint density at radius 1 is 0.784 bits per heavy atom. The second kappa shape index (κ2) is 24.3. The maximum absolute atomic E-state index is 11.3. The number of halogens is 4. The van der Waals surface area contributed by atoms with E-state index in [0.29, 0.717) is 19.3 Å². The summed E-state index contributed by atoms with van der Waals surface area (Å²) in [7, 11) is 3.58. The number of likely N-dealkylation sites (N-methyl/N-ethyl adjacent to an activating group) is 2. The number of nitrogens with one attached hydrogen (secondary N) is 3. The quantitative estimate of drug-likeness (QED) is 0.114. The molecule has 2 aromatic rings. The molecule has 0 amide bonds. The molecule has 2 aromatic carbocycles. The smallest absolute Gasteiger partial charge is 0.147 e. The Labute approximate surface area is 217 Å². The van der Waals surface area contributed by atoms with Gasteiger partial charge in [-0.3, -0.25) is 15.0 Å². The van der Waals surface area contributed by atoms with Crippen molar-refractivity contribution in [3.8, 4) is 0 Å². The van der Waals surface area contributed by atoms with Crippen LogP contribution in [-0.2, 0) is 28.9 Å². The number of hydrogen-bond donors (Lipinski definition) is 6. The van der Waals surface area contributed by atoms with Gasteiger partial charge in [0.05, 0.1) is 17.9 Å². The van der Waals surface area contributed by atoms with Gasteiger partial charge in [-0.15, -0.1) is 0 Å². The van der Waals surface area contributed by atoms with Crippen LogP contribution in [0.25, 0.3) is 0 Å². The first-order chi connectivity index (χ1) is 16.7. The molecule has 8 nitrogen and oxygen atoms in total. The monoisotopic (exact) mass is 534 g/mol. The van der Waals surface area contributed by atoms with Crippen LogP contribution in [0.15, 0.2) is 48.5 Å².